The summed E-state index contributed by atoms with van der Waals surface area (Å²) in [4.78, 5) is 12.8. The minimum absolute atomic E-state index is 0.449. The number of fused-ring (bicyclic) bond motifs is 1. The molecule has 0 bridgehead atoms. The summed E-state index contributed by atoms with van der Waals surface area (Å²) in [5.41, 5.74) is 3.10. The molecule has 0 saturated carbocycles. The van der Waals surface area contributed by atoms with Gasteiger partial charge in [-0.2, -0.15) is 5.26 Å². The van der Waals surface area contributed by atoms with Crippen LogP contribution in [0.25, 0.3) is 22.2 Å². The van der Waals surface area contributed by atoms with Gasteiger partial charge in [-0.05, 0) is 30.3 Å². The summed E-state index contributed by atoms with van der Waals surface area (Å²) in [6.45, 7) is 0. The Bertz CT molecular complexity index is 1080. The fourth-order valence-electron chi connectivity index (χ4n) is 2.50. The topological polar surface area (TPSA) is 71.7 Å². The number of ether oxygens (including phenoxy) is 1. The average molecular weight is 324 g/mol. The molecule has 2 aromatic heterocycles. The molecule has 0 aliphatic rings. The van der Waals surface area contributed by atoms with Gasteiger partial charge in [-0.3, -0.25) is 4.98 Å². The number of nitrogens with zero attached hydrogens (tertiary/aromatic N) is 4. The van der Waals surface area contributed by atoms with Gasteiger partial charge in [-0.1, -0.05) is 18.2 Å². The second kappa shape index (κ2) is 6.38. The highest BCUT2D eigenvalue weighted by molar-refractivity contribution is 5.79. The standard InChI is InChI=1S/C20H12N4O/c21-12-14-3-5-16(6-4-14)19-11-20(24-13-23-19)25-17-8-7-15-2-1-9-22-18(15)10-17/h1-11,13H. The van der Waals surface area contributed by atoms with Crippen molar-refractivity contribution < 1.29 is 4.74 Å². The summed E-state index contributed by atoms with van der Waals surface area (Å²) in [7, 11) is 0. The van der Waals surface area contributed by atoms with Crippen LogP contribution in [0.5, 0.6) is 11.6 Å². The molecule has 0 radical (unpaired) electrons. The summed E-state index contributed by atoms with van der Waals surface area (Å²) in [6, 6.07) is 20.7. The van der Waals surface area contributed by atoms with Gasteiger partial charge in [-0.15, -0.1) is 0 Å². The van der Waals surface area contributed by atoms with E-state index in [0.29, 0.717) is 17.2 Å². The molecule has 0 saturated heterocycles. The van der Waals surface area contributed by atoms with Crippen molar-refractivity contribution in [1.82, 2.24) is 15.0 Å². The third kappa shape index (κ3) is 3.14. The number of hydrogen-bond acceptors (Lipinski definition) is 5. The molecule has 0 amide bonds. The third-order valence-electron chi connectivity index (χ3n) is 3.75. The Kier molecular flexibility index (Phi) is 3.77. The Hall–Kier alpha value is -3.78. The Balaban J connectivity index is 1.63. The molecule has 0 atom stereocenters. The molecule has 0 aliphatic carbocycles. The van der Waals surface area contributed by atoms with Crippen molar-refractivity contribution in [3.63, 3.8) is 0 Å². The predicted molar refractivity (Wildman–Crippen MR) is 94.0 cm³/mol. The second-order valence-electron chi connectivity index (χ2n) is 5.39. The van der Waals surface area contributed by atoms with Crippen LogP contribution < -0.4 is 4.74 Å². The van der Waals surface area contributed by atoms with Gasteiger partial charge in [-0.25, -0.2) is 9.97 Å². The first-order chi connectivity index (χ1) is 12.3. The zero-order valence-corrected chi connectivity index (χ0v) is 13.1. The van der Waals surface area contributed by atoms with E-state index in [1.165, 1.54) is 6.33 Å². The van der Waals surface area contributed by atoms with Crippen LogP contribution in [-0.4, -0.2) is 15.0 Å². The van der Waals surface area contributed by atoms with Crippen LogP contribution in [0.2, 0.25) is 0 Å². The lowest BCUT2D eigenvalue weighted by molar-refractivity contribution is 0.462. The molecule has 2 aromatic carbocycles. The lowest BCUT2D eigenvalue weighted by Gasteiger charge is -2.07. The molecule has 0 aliphatic heterocycles. The van der Waals surface area contributed by atoms with Gasteiger partial charge in [0.05, 0.1) is 22.8 Å². The highest BCUT2D eigenvalue weighted by Gasteiger charge is 2.05. The average Bonchev–Trinajstić information content (AvgIpc) is 2.68. The summed E-state index contributed by atoms with van der Waals surface area (Å²) in [5.74, 6) is 1.11. The maximum absolute atomic E-state index is 8.88. The van der Waals surface area contributed by atoms with Gasteiger partial charge in [0.15, 0.2) is 0 Å². The van der Waals surface area contributed by atoms with E-state index in [2.05, 4.69) is 21.0 Å². The van der Waals surface area contributed by atoms with Crippen molar-refractivity contribution in [1.29, 1.82) is 5.26 Å². The summed E-state index contributed by atoms with van der Waals surface area (Å²) in [6.07, 6.45) is 3.21. The van der Waals surface area contributed by atoms with Crippen LogP contribution in [0, 0.1) is 11.3 Å². The fourth-order valence-corrected chi connectivity index (χ4v) is 2.50. The lowest BCUT2D eigenvalue weighted by Crippen LogP contribution is -1.92. The molecule has 118 valence electrons. The van der Waals surface area contributed by atoms with Crippen LogP contribution in [0.4, 0.5) is 0 Å². The molecule has 2 heterocycles. The van der Waals surface area contributed by atoms with Gasteiger partial charge in [0.2, 0.25) is 5.88 Å². The van der Waals surface area contributed by atoms with Crippen LogP contribution in [-0.2, 0) is 0 Å². The molecular formula is C20H12N4O. The zero-order valence-electron chi connectivity index (χ0n) is 13.1. The quantitative estimate of drug-likeness (QED) is 0.560. The highest BCUT2D eigenvalue weighted by atomic mass is 16.5. The van der Waals surface area contributed by atoms with E-state index in [1.807, 2.05) is 42.5 Å². The van der Waals surface area contributed by atoms with Crippen LogP contribution in [0.3, 0.4) is 0 Å². The van der Waals surface area contributed by atoms with E-state index >= 15 is 0 Å². The first kappa shape index (κ1) is 14.8. The van der Waals surface area contributed by atoms with E-state index in [-0.39, 0.29) is 0 Å². The van der Waals surface area contributed by atoms with E-state index in [0.717, 1.165) is 22.2 Å². The summed E-state index contributed by atoms with van der Waals surface area (Å²) >= 11 is 0. The smallest absolute Gasteiger partial charge is 0.222 e. The number of nitriles is 1. The summed E-state index contributed by atoms with van der Waals surface area (Å²) in [5, 5.41) is 9.93. The number of benzene rings is 2. The molecule has 0 N–H and O–H groups in total. The minimum atomic E-state index is 0.449. The van der Waals surface area contributed by atoms with Gasteiger partial charge < -0.3 is 4.74 Å². The Morgan fingerprint density at radius 1 is 0.880 bits per heavy atom. The van der Waals surface area contributed by atoms with Crippen molar-refractivity contribution in [2.75, 3.05) is 0 Å². The molecule has 0 fully saturated rings. The third-order valence-corrected chi connectivity index (χ3v) is 3.75. The highest BCUT2D eigenvalue weighted by Crippen LogP contribution is 2.26. The van der Waals surface area contributed by atoms with Crippen molar-refractivity contribution >= 4 is 10.9 Å². The first-order valence-corrected chi connectivity index (χ1v) is 7.67. The minimum Gasteiger partial charge on any atom is -0.439 e. The van der Waals surface area contributed by atoms with E-state index in [1.54, 1.807) is 24.4 Å². The molecule has 25 heavy (non-hydrogen) atoms. The van der Waals surface area contributed by atoms with Crippen molar-refractivity contribution in [2.45, 2.75) is 0 Å². The molecule has 5 nitrogen and oxygen atoms in total. The van der Waals surface area contributed by atoms with Crippen molar-refractivity contribution in [3.05, 3.63) is 78.8 Å². The van der Waals surface area contributed by atoms with Gasteiger partial charge >= 0.3 is 0 Å². The normalized spacial score (nSPS) is 10.4. The SMILES string of the molecule is N#Cc1ccc(-c2cc(Oc3ccc4cccnc4c3)ncn2)cc1. The van der Waals surface area contributed by atoms with E-state index in [9.17, 15) is 0 Å². The molecule has 4 rings (SSSR count). The zero-order chi connectivity index (χ0) is 17.1. The number of pyridine rings is 1. The Labute approximate surface area is 144 Å². The summed E-state index contributed by atoms with van der Waals surface area (Å²) < 4.78 is 5.85. The monoisotopic (exact) mass is 324 g/mol. The second-order valence-corrected chi connectivity index (χ2v) is 5.39. The molecule has 0 spiro atoms. The van der Waals surface area contributed by atoms with Crippen molar-refractivity contribution in [3.8, 4) is 29.0 Å². The van der Waals surface area contributed by atoms with Gasteiger partial charge in [0.1, 0.15) is 12.1 Å². The molecule has 4 aromatic rings. The van der Waals surface area contributed by atoms with Crippen molar-refractivity contribution in [2.24, 2.45) is 0 Å². The largest absolute Gasteiger partial charge is 0.439 e. The molecule has 5 heteroatoms. The van der Waals surface area contributed by atoms with Crippen LogP contribution in [0.1, 0.15) is 5.56 Å². The van der Waals surface area contributed by atoms with Crippen LogP contribution >= 0.6 is 0 Å². The number of aromatic nitrogens is 3. The first-order valence-electron chi connectivity index (χ1n) is 7.67. The van der Waals surface area contributed by atoms with Gasteiger partial charge in [0, 0.05) is 29.3 Å². The maximum Gasteiger partial charge on any atom is 0.222 e. The van der Waals surface area contributed by atoms with E-state index in [4.69, 9.17) is 10.00 Å². The van der Waals surface area contributed by atoms with Gasteiger partial charge in [0.25, 0.3) is 0 Å². The lowest BCUT2D eigenvalue weighted by atomic mass is 10.1. The predicted octanol–water partition coefficient (Wildman–Crippen LogP) is 4.36. The van der Waals surface area contributed by atoms with Crippen LogP contribution in [0.15, 0.2) is 73.2 Å². The fraction of sp³-hybridized carbons (Fsp3) is 0. The number of rotatable bonds is 3. The maximum atomic E-state index is 8.88. The Morgan fingerprint density at radius 2 is 1.76 bits per heavy atom. The number of hydrogen-bond donors (Lipinski definition) is 0. The molecule has 0 unspecified atom stereocenters. The molecular weight excluding hydrogens is 312 g/mol. The van der Waals surface area contributed by atoms with E-state index < -0.39 is 0 Å². The Morgan fingerprint density at radius 3 is 2.60 bits per heavy atom.